The number of aromatic nitrogens is 7. The van der Waals surface area contributed by atoms with Crippen LogP contribution in [-0.4, -0.2) is 39.8 Å². The van der Waals surface area contributed by atoms with Gasteiger partial charge in [-0.3, -0.25) is 4.57 Å². The first kappa shape index (κ1) is 15.0. The van der Waals surface area contributed by atoms with Crippen molar-refractivity contribution in [2.75, 3.05) is 0 Å². The second kappa shape index (κ2) is 5.33. The molecule has 1 aliphatic heterocycles. The Balaban J connectivity index is 1.81. The average molecular weight is 349 g/mol. The molecule has 3 aromatic heterocycles. The molecule has 1 aromatic carbocycles. The van der Waals surface area contributed by atoms with Gasteiger partial charge in [0.25, 0.3) is 5.89 Å². The maximum Gasteiger partial charge on any atom is 0.278 e. The van der Waals surface area contributed by atoms with E-state index in [1.165, 1.54) is 0 Å². The van der Waals surface area contributed by atoms with Crippen LogP contribution >= 0.6 is 0 Å². The molecule has 130 valence electrons. The highest BCUT2D eigenvalue weighted by Crippen LogP contribution is 2.36. The number of fused-ring (bicyclic) bond motifs is 5. The molecule has 26 heavy (non-hydrogen) atoms. The lowest BCUT2D eigenvalue weighted by atomic mass is 10.0. The maximum atomic E-state index is 9.54. The van der Waals surface area contributed by atoms with Crippen LogP contribution in [0.15, 0.2) is 29.0 Å². The summed E-state index contributed by atoms with van der Waals surface area (Å²) in [5, 5.41) is 21.9. The third-order valence-electron chi connectivity index (χ3n) is 4.56. The molecule has 0 saturated heterocycles. The Morgan fingerprint density at radius 1 is 1.27 bits per heavy atom. The lowest BCUT2D eigenvalue weighted by Crippen LogP contribution is -2.06. The van der Waals surface area contributed by atoms with Crippen molar-refractivity contribution in [3.8, 4) is 28.5 Å². The van der Waals surface area contributed by atoms with Gasteiger partial charge in [-0.2, -0.15) is 4.98 Å². The lowest BCUT2D eigenvalue weighted by molar-refractivity contribution is 0.282. The highest BCUT2D eigenvalue weighted by Gasteiger charge is 2.27. The smallest absolute Gasteiger partial charge is 0.278 e. The van der Waals surface area contributed by atoms with Crippen molar-refractivity contribution < 1.29 is 9.63 Å². The van der Waals surface area contributed by atoms with Crippen LogP contribution in [-0.2, 0) is 13.2 Å². The first-order valence-electron chi connectivity index (χ1n) is 8.17. The lowest BCUT2D eigenvalue weighted by Gasteiger charge is -2.10. The monoisotopic (exact) mass is 349 g/mol. The summed E-state index contributed by atoms with van der Waals surface area (Å²) in [5.74, 6) is 0.936. The van der Waals surface area contributed by atoms with Crippen LogP contribution in [0.25, 0.3) is 28.5 Å². The molecule has 0 fully saturated rings. The molecule has 0 aliphatic carbocycles. The Morgan fingerprint density at radius 2 is 2.15 bits per heavy atom. The molecule has 9 nitrogen and oxygen atoms in total. The minimum Gasteiger partial charge on any atom is -0.392 e. The van der Waals surface area contributed by atoms with E-state index in [4.69, 9.17) is 4.52 Å². The highest BCUT2D eigenvalue weighted by atomic mass is 16.5. The zero-order valence-corrected chi connectivity index (χ0v) is 14.2. The van der Waals surface area contributed by atoms with Gasteiger partial charge in [-0.1, -0.05) is 16.4 Å². The average Bonchev–Trinajstić information content (AvgIpc) is 3.32. The van der Waals surface area contributed by atoms with E-state index in [1.807, 2.05) is 34.4 Å². The van der Waals surface area contributed by atoms with E-state index >= 15 is 0 Å². The van der Waals surface area contributed by atoms with Crippen LogP contribution in [0, 0.1) is 13.8 Å². The Bertz CT molecular complexity index is 1140. The topological polar surface area (TPSA) is 108 Å². The molecule has 0 spiro atoms. The minimum atomic E-state index is -0.0306. The summed E-state index contributed by atoms with van der Waals surface area (Å²) in [6.07, 6.45) is 1.75. The molecular formula is C17H15N7O2. The largest absolute Gasteiger partial charge is 0.392 e. The molecule has 0 bridgehead atoms. The standard InChI is InChI=1S/C17H15N7O2/c1-9-16-12-5-11(7-25)3-4-13(12)23-8-18-15(17-19-10(2)21-26-17)14(23)6-24(16)22-20-9/h3-5,8,25H,6-7H2,1-2H3. The van der Waals surface area contributed by atoms with Gasteiger partial charge in [0.1, 0.15) is 6.33 Å². The van der Waals surface area contributed by atoms with Gasteiger partial charge in [0.05, 0.1) is 35.9 Å². The molecule has 9 heteroatoms. The highest BCUT2D eigenvalue weighted by molar-refractivity contribution is 5.75. The van der Waals surface area contributed by atoms with Crippen molar-refractivity contribution in [3.63, 3.8) is 0 Å². The van der Waals surface area contributed by atoms with Crippen molar-refractivity contribution in [2.45, 2.75) is 27.0 Å². The second-order valence-corrected chi connectivity index (χ2v) is 6.25. The van der Waals surface area contributed by atoms with E-state index in [-0.39, 0.29) is 6.61 Å². The van der Waals surface area contributed by atoms with Gasteiger partial charge in [-0.25, -0.2) is 9.67 Å². The summed E-state index contributed by atoms with van der Waals surface area (Å²) in [6.45, 7) is 4.13. The summed E-state index contributed by atoms with van der Waals surface area (Å²) >= 11 is 0. The summed E-state index contributed by atoms with van der Waals surface area (Å²) in [4.78, 5) is 8.80. The van der Waals surface area contributed by atoms with Gasteiger partial charge in [-0.15, -0.1) is 5.10 Å². The summed E-state index contributed by atoms with van der Waals surface area (Å²) in [5.41, 5.74) is 5.98. The van der Waals surface area contributed by atoms with E-state index in [9.17, 15) is 5.11 Å². The van der Waals surface area contributed by atoms with E-state index in [1.54, 1.807) is 13.3 Å². The molecule has 4 heterocycles. The predicted molar refractivity (Wildman–Crippen MR) is 90.4 cm³/mol. The summed E-state index contributed by atoms with van der Waals surface area (Å²) in [6, 6.07) is 5.83. The number of aliphatic hydroxyl groups excluding tert-OH is 1. The molecular weight excluding hydrogens is 334 g/mol. The fraction of sp³-hybridized carbons (Fsp3) is 0.235. The molecule has 4 aromatic rings. The van der Waals surface area contributed by atoms with Crippen LogP contribution < -0.4 is 0 Å². The number of hydrogen-bond donors (Lipinski definition) is 1. The van der Waals surface area contributed by atoms with E-state index in [2.05, 4.69) is 25.4 Å². The molecule has 0 radical (unpaired) electrons. The number of benzene rings is 1. The third-order valence-corrected chi connectivity index (χ3v) is 4.56. The van der Waals surface area contributed by atoms with Gasteiger partial charge in [0.15, 0.2) is 11.5 Å². The number of imidazole rings is 1. The van der Waals surface area contributed by atoms with E-state index in [0.29, 0.717) is 24.0 Å². The van der Waals surface area contributed by atoms with Crippen molar-refractivity contribution in [1.82, 2.24) is 34.7 Å². The van der Waals surface area contributed by atoms with E-state index < -0.39 is 0 Å². The molecule has 0 saturated carbocycles. The number of rotatable bonds is 2. The Hall–Kier alpha value is -3.33. The van der Waals surface area contributed by atoms with Crippen molar-refractivity contribution in [3.05, 3.63) is 47.3 Å². The quantitative estimate of drug-likeness (QED) is 0.516. The van der Waals surface area contributed by atoms with E-state index in [0.717, 1.165) is 33.9 Å². The third kappa shape index (κ3) is 2.04. The van der Waals surface area contributed by atoms with Crippen LogP contribution in [0.3, 0.4) is 0 Å². The number of aryl methyl sites for hydroxylation is 2. The second-order valence-electron chi connectivity index (χ2n) is 6.25. The molecule has 5 rings (SSSR count). The number of aliphatic hydroxyl groups is 1. The molecule has 0 atom stereocenters. The van der Waals surface area contributed by atoms with Crippen LogP contribution in [0.1, 0.15) is 22.8 Å². The SMILES string of the molecule is Cc1noc(-c2ncn3c2Cn2nnc(C)c2-c2cc(CO)ccc2-3)n1. The van der Waals surface area contributed by atoms with Crippen molar-refractivity contribution in [1.29, 1.82) is 0 Å². The fourth-order valence-corrected chi connectivity index (χ4v) is 3.37. The zero-order chi connectivity index (χ0) is 17.8. The van der Waals surface area contributed by atoms with Crippen LogP contribution in [0.5, 0.6) is 0 Å². The zero-order valence-electron chi connectivity index (χ0n) is 14.2. The molecule has 0 unspecified atom stereocenters. The fourth-order valence-electron chi connectivity index (χ4n) is 3.37. The maximum absolute atomic E-state index is 9.54. The van der Waals surface area contributed by atoms with Gasteiger partial charge in [-0.05, 0) is 31.5 Å². The van der Waals surface area contributed by atoms with Crippen molar-refractivity contribution in [2.24, 2.45) is 0 Å². The molecule has 1 aliphatic rings. The predicted octanol–water partition coefficient (Wildman–Crippen LogP) is 1.65. The van der Waals surface area contributed by atoms with Crippen molar-refractivity contribution >= 4 is 0 Å². The normalized spacial score (nSPS) is 12.4. The minimum absolute atomic E-state index is 0.0306. The molecule has 0 amide bonds. The van der Waals surface area contributed by atoms with Gasteiger partial charge in [0.2, 0.25) is 0 Å². The van der Waals surface area contributed by atoms with Gasteiger partial charge in [0, 0.05) is 5.56 Å². The first-order valence-corrected chi connectivity index (χ1v) is 8.17. The van der Waals surface area contributed by atoms with Crippen LogP contribution in [0.4, 0.5) is 0 Å². The van der Waals surface area contributed by atoms with Crippen LogP contribution in [0.2, 0.25) is 0 Å². The molecule has 1 N–H and O–H groups in total. The Labute approximate surface area is 147 Å². The first-order chi connectivity index (χ1) is 12.7. The summed E-state index contributed by atoms with van der Waals surface area (Å²) < 4.78 is 9.15. The Morgan fingerprint density at radius 3 is 2.92 bits per heavy atom. The van der Waals surface area contributed by atoms with Gasteiger partial charge >= 0.3 is 0 Å². The number of nitrogens with zero attached hydrogens (tertiary/aromatic N) is 7. The van der Waals surface area contributed by atoms with Gasteiger partial charge < -0.3 is 9.63 Å². The summed E-state index contributed by atoms with van der Waals surface area (Å²) in [7, 11) is 0. The number of hydrogen-bond acceptors (Lipinski definition) is 7. The Kier molecular flexibility index (Phi) is 3.07.